The largest absolute Gasteiger partial charge is 0.484 e. The Labute approximate surface area is 125 Å². The molecule has 2 aromatic carbocycles. The Kier molecular flexibility index (Phi) is 4.82. The SMILES string of the molecule is Cc1ccc(OCC(=O)NN(C)c2ccccc2)cc1C. The second-order valence-electron chi connectivity index (χ2n) is 4.96. The first-order valence-corrected chi connectivity index (χ1v) is 6.84. The van der Waals surface area contributed by atoms with E-state index in [0.717, 1.165) is 11.3 Å². The third kappa shape index (κ3) is 4.24. The molecule has 2 rings (SSSR count). The first-order chi connectivity index (χ1) is 10.1. The molecule has 0 radical (unpaired) electrons. The number of amides is 1. The van der Waals surface area contributed by atoms with Crippen molar-refractivity contribution < 1.29 is 9.53 Å². The number of hydrogen-bond donors (Lipinski definition) is 1. The fourth-order valence-electron chi connectivity index (χ4n) is 1.89. The highest BCUT2D eigenvalue weighted by Gasteiger charge is 2.07. The van der Waals surface area contributed by atoms with Crippen molar-refractivity contribution in [3.05, 3.63) is 59.7 Å². The highest BCUT2D eigenvalue weighted by atomic mass is 16.5. The minimum atomic E-state index is -0.195. The van der Waals surface area contributed by atoms with Crippen molar-refractivity contribution in [1.82, 2.24) is 5.43 Å². The summed E-state index contributed by atoms with van der Waals surface area (Å²) in [5.41, 5.74) is 6.03. The molecule has 0 fully saturated rings. The molecule has 1 amide bonds. The normalized spacial score (nSPS) is 10.0. The van der Waals surface area contributed by atoms with Crippen LogP contribution >= 0.6 is 0 Å². The zero-order valence-corrected chi connectivity index (χ0v) is 12.6. The van der Waals surface area contributed by atoms with Crippen LogP contribution in [0.1, 0.15) is 11.1 Å². The van der Waals surface area contributed by atoms with Crippen LogP contribution in [0.25, 0.3) is 0 Å². The standard InChI is InChI=1S/C17H20N2O2/c1-13-9-10-16(11-14(13)2)21-12-17(20)18-19(3)15-7-5-4-6-8-15/h4-11H,12H2,1-3H3,(H,18,20). The van der Waals surface area contributed by atoms with Crippen molar-refractivity contribution in [3.63, 3.8) is 0 Å². The molecule has 4 heteroatoms. The topological polar surface area (TPSA) is 41.6 Å². The van der Waals surface area contributed by atoms with E-state index in [1.165, 1.54) is 5.56 Å². The van der Waals surface area contributed by atoms with Crippen LogP contribution < -0.4 is 15.2 Å². The number of carbonyl (C=O) groups excluding carboxylic acids is 1. The molecule has 2 aromatic rings. The Bertz CT molecular complexity index is 611. The van der Waals surface area contributed by atoms with E-state index in [0.29, 0.717) is 5.75 Å². The van der Waals surface area contributed by atoms with Gasteiger partial charge in [-0.05, 0) is 49.2 Å². The molecule has 0 aliphatic carbocycles. The van der Waals surface area contributed by atoms with Gasteiger partial charge in [0.2, 0.25) is 0 Å². The van der Waals surface area contributed by atoms with Gasteiger partial charge in [-0.25, -0.2) is 0 Å². The molecule has 0 atom stereocenters. The lowest BCUT2D eigenvalue weighted by Gasteiger charge is -2.20. The molecule has 0 spiro atoms. The Hall–Kier alpha value is -2.49. The molecule has 0 saturated carbocycles. The van der Waals surface area contributed by atoms with Gasteiger partial charge in [-0.2, -0.15) is 0 Å². The highest BCUT2D eigenvalue weighted by molar-refractivity contribution is 5.79. The van der Waals surface area contributed by atoms with Gasteiger partial charge in [0.05, 0.1) is 5.69 Å². The maximum absolute atomic E-state index is 11.9. The molecule has 0 aliphatic rings. The summed E-state index contributed by atoms with van der Waals surface area (Å²) >= 11 is 0. The molecule has 0 unspecified atom stereocenters. The van der Waals surface area contributed by atoms with Gasteiger partial charge in [-0.15, -0.1) is 0 Å². The lowest BCUT2D eigenvalue weighted by molar-refractivity contribution is -0.123. The van der Waals surface area contributed by atoms with E-state index in [2.05, 4.69) is 5.43 Å². The summed E-state index contributed by atoms with van der Waals surface area (Å²) in [5.74, 6) is 0.509. The minimum Gasteiger partial charge on any atom is -0.484 e. The molecule has 0 bridgehead atoms. The molecular formula is C17H20N2O2. The van der Waals surface area contributed by atoms with Gasteiger partial charge in [-0.1, -0.05) is 24.3 Å². The van der Waals surface area contributed by atoms with Gasteiger partial charge in [0, 0.05) is 7.05 Å². The zero-order chi connectivity index (χ0) is 15.2. The molecule has 21 heavy (non-hydrogen) atoms. The summed E-state index contributed by atoms with van der Waals surface area (Å²) in [7, 11) is 1.79. The lowest BCUT2D eigenvalue weighted by atomic mass is 10.1. The quantitative estimate of drug-likeness (QED) is 0.858. The molecule has 1 N–H and O–H groups in total. The third-order valence-corrected chi connectivity index (χ3v) is 3.28. The van der Waals surface area contributed by atoms with E-state index < -0.39 is 0 Å². The Morgan fingerprint density at radius 2 is 1.81 bits per heavy atom. The Balaban J connectivity index is 1.86. The van der Waals surface area contributed by atoms with Crippen LogP contribution in [0.4, 0.5) is 5.69 Å². The average molecular weight is 284 g/mol. The molecule has 0 aromatic heterocycles. The van der Waals surface area contributed by atoms with Gasteiger partial charge in [0.15, 0.2) is 6.61 Å². The van der Waals surface area contributed by atoms with Gasteiger partial charge in [0.1, 0.15) is 5.75 Å². The van der Waals surface area contributed by atoms with Crippen LogP contribution in [-0.4, -0.2) is 19.6 Å². The number of hydrogen-bond acceptors (Lipinski definition) is 3. The average Bonchev–Trinajstić information content (AvgIpc) is 2.49. The number of benzene rings is 2. The number of ether oxygens (including phenoxy) is 1. The van der Waals surface area contributed by atoms with Crippen LogP contribution in [-0.2, 0) is 4.79 Å². The number of hydrazine groups is 1. The van der Waals surface area contributed by atoms with E-state index >= 15 is 0 Å². The number of aryl methyl sites for hydroxylation is 2. The highest BCUT2D eigenvalue weighted by Crippen LogP contribution is 2.16. The van der Waals surface area contributed by atoms with Gasteiger partial charge in [0.25, 0.3) is 5.91 Å². The van der Waals surface area contributed by atoms with Crippen LogP contribution in [0.15, 0.2) is 48.5 Å². The third-order valence-electron chi connectivity index (χ3n) is 3.28. The number of nitrogens with zero attached hydrogens (tertiary/aromatic N) is 1. The fourth-order valence-corrected chi connectivity index (χ4v) is 1.89. The van der Waals surface area contributed by atoms with Crippen molar-refractivity contribution >= 4 is 11.6 Å². The monoisotopic (exact) mass is 284 g/mol. The van der Waals surface area contributed by atoms with Crippen molar-refractivity contribution in [2.24, 2.45) is 0 Å². The van der Waals surface area contributed by atoms with Crippen LogP contribution in [0, 0.1) is 13.8 Å². The van der Waals surface area contributed by atoms with Gasteiger partial charge < -0.3 is 4.74 Å². The number of anilines is 1. The minimum absolute atomic E-state index is 0.0142. The molecule has 110 valence electrons. The Morgan fingerprint density at radius 3 is 2.48 bits per heavy atom. The lowest BCUT2D eigenvalue weighted by Crippen LogP contribution is -2.41. The molecular weight excluding hydrogens is 264 g/mol. The van der Waals surface area contributed by atoms with E-state index in [9.17, 15) is 4.79 Å². The first-order valence-electron chi connectivity index (χ1n) is 6.84. The van der Waals surface area contributed by atoms with Crippen LogP contribution in [0.3, 0.4) is 0 Å². The molecule has 0 aliphatic heterocycles. The number of para-hydroxylation sites is 1. The second kappa shape index (κ2) is 6.79. The number of nitrogens with one attached hydrogen (secondary N) is 1. The molecule has 0 saturated heterocycles. The van der Waals surface area contributed by atoms with E-state index in [1.54, 1.807) is 12.1 Å². The second-order valence-corrected chi connectivity index (χ2v) is 4.96. The number of carbonyl (C=O) groups is 1. The van der Waals surface area contributed by atoms with Gasteiger partial charge >= 0.3 is 0 Å². The predicted octanol–water partition coefficient (Wildman–Crippen LogP) is 2.85. The maximum Gasteiger partial charge on any atom is 0.276 e. The summed E-state index contributed by atoms with van der Waals surface area (Å²) in [4.78, 5) is 11.9. The van der Waals surface area contributed by atoms with E-state index in [4.69, 9.17) is 4.74 Å². The summed E-state index contributed by atoms with van der Waals surface area (Å²) in [6.45, 7) is 4.05. The first kappa shape index (κ1) is 14.9. The summed E-state index contributed by atoms with van der Waals surface area (Å²) in [6.07, 6.45) is 0. The van der Waals surface area contributed by atoms with Crippen LogP contribution in [0.2, 0.25) is 0 Å². The maximum atomic E-state index is 11.9. The van der Waals surface area contributed by atoms with Crippen molar-refractivity contribution in [1.29, 1.82) is 0 Å². The van der Waals surface area contributed by atoms with Crippen molar-refractivity contribution in [2.75, 3.05) is 18.7 Å². The predicted molar refractivity (Wildman–Crippen MR) is 84.4 cm³/mol. The molecule has 4 nitrogen and oxygen atoms in total. The van der Waals surface area contributed by atoms with Crippen molar-refractivity contribution in [2.45, 2.75) is 13.8 Å². The van der Waals surface area contributed by atoms with Crippen LogP contribution in [0.5, 0.6) is 5.75 Å². The van der Waals surface area contributed by atoms with Crippen molar-refractivity contribution in [3.8, 4) is 5.75 Å². The van der Waals surface area contributed by atoms with E-state index in [1.807, 2.05) is 62.4 Å². The summed E-state index contributed by atoms with van der Waals surface area (Å²) in [5, 5.41) is 1.67. The van der Waals surface area contributed by atoms with E-state index in [-0.39, 0.29) is 12.5 Å². The van der Waals surface area contributed by atoms with Gasteiger partial charge in [-0.3, -0.25) is 15.2 Å². The molecule has 0 heterocycles. The zero-order valence-electron chi connectivity index (χ0n) is 12.6. The summed E-state index contributed by atoms with van der Waals surface area (Å²) < 4.78 is 5.50. The summed E-state index contributed by atoms with van der Waals surface area (Å²) in [6, 6.07) is 15.4. The fraction of sp³-hybridized carbons (Fsp3) is 0.235. The Morgan fingerprint density at radius 1 is 1.10 bits per heavy atom. The number of rotatable bonds is 5. The smallest absolute Gasteiger partial charge is 0.276 e.